The van der Waals surface area contributed by atoms with E-state index in [4.69, 9.17) is 4.42 Å². The van der Waals surface area contributed by atoms with Gasteiger partial charge in [0, 0.05) is 5.69 Å². The van der Waals surface area contributed by atoms with Crippen molar-refractivity contribution in [3.8, 4) is 10.6 Å². The summed E-state index contributed by atoms with van der Waals surface area (Å²) in [6.07, 6.45) is 1.28. The molecule has 7 heteroatoms. The van der Waals surface area contributed by atoms with Crippen molar-refractivity contribution in [2.75, 3.05) is 5.32 Å². The number of thiophene rings is 1. The molecule has 1 aromatic carbocycles. The van der Waals surface area contributed by atoms with Gasteiger partial charge in [-0.25, -0.2) is 15.0 Å². The maximum atomic E-state index is 12.6. The Kier molecular flexibility index (Phi) is 3.77. The minimum Gasteiger partial charge on any atom is -0.442 e. The Labute approximate surface area is 147 Å². The van der Waals surface area contributed by atoms with E-state index in [1.165, 1.54) is 17.7 Å². The van der Waals surface area contributed by atoms with Gasteiger partial charge in [0.15, 0.2) is 17.8 Å². The Morgan fingerprint density at radius 2 is 1.92 bits per heavy atom. The van der Waals surface area contributed by atoms with Gasteiger partial charge in [0.1, 0.15) is 0 Å². The summed E-state index contributed by atoms with van der Waals surface area (Å²) in [6, 6.07) is 9.23. The first-order chi connectivity index (χ1) is 12.1. The molecule has 1 amide bonds. The second kappa shape index (κ2) is 6.10. The topological polar surface area (TPSA) is 80.9 Å². The molecule has 0 saturated heterocycles. The Bertz CT molecular complexity index is 1070. The molecule has 0 radical (unpaired) electrons. The average Bonchev–Trinajstić information content (AvgIpc) is 3.27. The van der Waals surface area contributed by atoms with Crippen molar-refractivity contribution >= 4 is 34.0 Å². The number of amides is 1. The van der Waals surface area contributed by atoms with Crippen LogP contribution in [0.1, 0.15) is 21.9 Å². The van der Waals surface area contributed by atoms with E-state index in [0.717, 1.165) is 27.3 Å². The fraction of sp³-hybridized carbons (Fsp3) is 0.111. The third kappa shape index (κ3) is 2.89. The lowest BCUT2D eigenvalue weighted by atomic mass is 10.2. The van der Waals surface area contributed by atoms with Crippen molar-refractivity contribution in [3.05, 3.63) is 59.2 Å². The van der Waals surface area contributed by atoms with Gasteiger partial charge in [0.2, 0.25) is 0 Å². The van der Waals surface area contributed by atoms with Crippen molar-refractivity contribution in [3.63, 3.8) is 0 Å². The van der Waals surface area contributed by atoms with E-state index in [1.54, 1.807) is 12.1 Å². The van der Waals surface area contributed by atoms with Gasteiger partial charge in [-0.05, 0) is 43.5 Å². The van der Waals surface area contributed by atoms with Crippen LogP contribution in [0.25, 0.3) is 21.7 Å². The van der Waals surface area contributed by atoms with Crippen molar-refractivity contribution in [1.82, 2.24) is 15.0 Å². The lowest BCUT2D eigenvalue weighted by molar-refractivity contribution is 0.102. The van der Waals surface area contributed by atoms with Gasteiger partial charge in [0.05, 0.1) is 27.3 Å². The van der Waals surface area contributed by atoms with Crippen LogP contribution >= 0.6 is 11.3 Å². The molecular weight excluding hydrogens is 336 g/mol. The zero-order valence-corrected chi connectivity index (χ0v) is 14.4. The summed E-state index contributed by atoms with van der Waals surface area (Å²) < 4.78 is 5.38. The summed E-state index contributed by atoms with van der Waals surface area (Å²) in [5.74, 6) is 0.146. The lowest BCUT2D eigenvalue weighted by Crippen LogP contribution is -2.13. The molecule has 6 nitrogen and oxygen atoms in total. The second-order valence-electron chi connectivity index (χ2n) is 5.56. The van der Waals surface area contributed by atoms with Crippen LogP contribution in [0.15, 0.2) is 46.5 Å². The van der Waals surface area contributed by atoms with Gasteiger partial charge in [0.25, 0.3) is 5.91 Å². The quantitative estimate of drug-likeness (QED) is 0.598. The summed E-state index contributed by atoms with van der Waals surface area (Å²) in [4.78, 5) is 26.5. The molecular formula is C18H14N4O2S. The highest BCUT2D eigenvalue weighted by molar-refractivity contribution is 7.13. The number of aryl methyl sites for hydroxylation is 2. The van der Waals surface area contributed by atoms with E-state index >= 15 is 0 Å². The molecule has 0 saturated carbocycles. The van der Waals surface area contributed by atoms with E-state index in [1.807, 2.05) is 37.4 Å². The first kappa shape index (κ1) is 15.5. The SMILES string of the molecule is Cc1nc2ccc(NC(=O)c3ncoc3-c3cccs3)cc2nc1C. The standard InChI is InChI=1S/C18H14N4O2S/c1-10-11(2)21-14-8-12(5-6-13(14)20-10)22-18(23)16-17(24-9-19-16)15-4-3-7-25-15/h3-9H,1-2H3,(H,22,23). The maximum Gasteiger partial charge on any atom is 0.278 e. The maximum absolute atomic E-state index is 12.6. The molecule has 4 rings (SSSR count). The number of nitrogens with one attached hydrogen (secondary N) is 1. The monoisotopic (exact) mass is 350 g/mol. The van der Waals surface area contributed by atoms with Crippen molar-refractivity contribution in [2.24, 2.45) is 0 Å². The highest BCUT2D eigenvalue weighted by Gasteiger charge is 2.19. The van der Waals surface area contributed by atoms with Crippen LogP contribution in [0.3, 0.4) is 0 Å². The van der Waals surface area contributed by atoms with Gasteiger partial charge in [-0.15, -0.1) is 11.3 Å². The molecule has 0 atom stereocenters. The summed E-state index contributed by atoms with van der Waals surface area (Å²) in [6.45, 7) is 3.84. The number of nitrogens with zero attached hydrogens (tertiary/aromatic N) is 3. The number of oxazole rings is 1. The highest BCUT2D eigenvalue weighted by Crippen LogP contribution is 2.28. The van der Waals surface area contributed by atoms with Gasteiger partial charge in [-0.2, -0.15) is 0 Å². The third-order valence-corrected chi connectivity index (χ3v) is 4.73. The molecule has 0 bridgehead atoms. The fourth-order valence-electron chi connectivity index (χ4n) is 2.49. The van der Waals surface area contributed by atoms with Crippen LogP contribution < -0.4 is 5.32 Å². The highest BCUT2D eigenvalue weighted by atomic mass is 32.1. The van der Waals surface area contributed by atoms with E-state index in [2.05, 4.69) is 20.3 Å². The Morgan fingerprint density at radius 3 is 2.68 bits per heavy atom. The molecule has 1 N–H and O–H groups in total. The Hall–Kier alpha value is -3.06. The lowest BCUT2D eigenvalue weighted by Gasteiger charge is -2.07. The number of carbonyl (C=O) groups excluding carboxylic acids is 1. The summed E-state index contributed by atoms with van der Waals surface area (Å²) in [7, 11) is 0. The van der Waals surface area contributed by atoms with Crippen molar-refractivity contribution in [1.29, 1.82) is 0 Å². The zero-order chi connectivity index (χ0) is 17.4. The number of rotatable bonds is 3. The molecule has 3 heterocycles. The first-order valence-corrected chi connectivity index (χ1v) is 8.53. The molecule has 25 heavy (non-hydrogen) atoms. The zero-order valence-electron chi connectivity index (χ0n) is 13.6. The van der Waals surface area contributed by atoms with E-state index in [9.17, 15) is 4.79 Å². The minimum absolute atomic E-state index is 0.258. The van der Waals surface area contributed by atoms with Crippen LogP contribution in [0, 0.1) is 13.8 Å². The van der Waals surface area contributed by atoms with Gasteiger partial charge in [-0.1, -0.05) is 6.07 Å². The molecule has 3 aromatic heterocycles. The Balaban J connectivity index is 1.64. The van der Waals surface area contributed by atoms with E-state index in [-0.39, 0.29) is 11.6 Å². The fourth-order valence-corrected chi connectivity index (χ4v) is 3.20. The summed E-state index contributed by atoms with van der Waals surface area (Å²) in [5.41, 5.74) is 4.19. The molecule has 0 aliphatic carbocycles. The number of aromatic nitrogens is 3. The first-order valence-electron chi connectivity index (χ1n) is 7.65. The Morgan fingerprint density at radius 1 is 1.12 bits per heavy atom. The number of anilines is 1. The third-order valence-electron chi connectivity index (χ3n) is 3.86. The number of fused-ring (bicyclic) bond motifs is 1. The van der Waals surface area contributed by atoms with Crippen molar-refractivity contribution in [2.45, 2.75) is 13.8 Å². The molecule has 0 spiro atoms. The molecule has 124 valence electrons. The largest absolute Gasteiger partial charge is 0.442 e. The number of benzene rings is 1. The smallest absolute Gasteiger partial charge is 0.278 e. The molecule has 0 fully saturated rings. The van der Waals surface area contributed by atoms with Crippen LogP contribution in [-0.4, -0.2) is 20.9 Å². The molecule has 0 unspecified atom stereocenters. The van der Waals surface area contributed by atoms with E-state index in [0.29, 0.717) is 11.4 Å². The minimum atomic E-state index is -0.326. The van der Waals surface area contributed by atoms with Gasteiger partial charge in [-0.3, -0.25) is 4.79 Å². The van der Waals surface area contributed by atoms with Crippen LogP contribution in [0.2, 0.25) is 0 Å². The number of hydrogen-bond acceptors (Lipinski definition) is 6. The van der Waals surface area contributed by atoms with Gasteiger partial charge >= 0.3 is 0 Å². The van der Waals surface area contributed by atoms with E-state index < -0.39 is 0 Å². The van der Waals surface area contributed by atoms with Crippen LogP contribution in [-0.2, 0) is 0 Å². The van der Waals surface area contributed by atoms with Crippen LogP contribution in [0.4, 0.5) is 5.69 Å². The number of hydrogen-bond donors (Lipinski definition) is 1. The van der Waals surface area contributed by atoms with Crippen LogP contribution in [0.5, 0.6) is 0 Å². The van der Waals surface area contributed by atoms with Gasteiger partial charge < -0.3 is 9.73 Å². The summed E-state index contributed by atoms with van der Waals surface area (Å²) >= 11 is 1.49. The predicted molar refractivity (Wildman–Crippen MR) is 96.8 cm³/mol. The summed E-state index contributed by atoms with van der Waals surface area (Å²) in [5, 5.41) is 4.77. The predicted octanol–water partition coefficient (Wildman–Crippen LogP) is 4.22. The molecule has 0 aliphatic rings. The van der Waals surface area contributed by atoms with Crippen molar-refractivity contribution < 1.29 is 9.21 Å². The normalized spacial score (nSPS) is 11.0. The molecule has 0 aliphatic heterocycles. The second-order valence-corrected chi connectivity index (χ2v) is 6.51. The average molecular weight is 350 g/mol. The molecule has 4 aromatic rings. The number of carbonyl (C=O) groups is 1.